The third-order valence-electron chi connectivity index (χ3n) is 4.57. The molecule has 1 aromatic heterocycles. The predicted octanol–water partition coefficient (Wildman–Crippen LogP) is 6.49. The van der Waals surface area contributed by atoms with Gasteiger partial charge in [-0.2, -0.15) is 13.2 Å². The quantitative estimate of drug-likeness (QED) is 0.366. The van der Waals surface area contributed by atoms with Crippen molar-refractivity contribution >= 4 is 11.0 Å². The van der Waals surface area contributed by atoms with Crippen LogP contribution in [0.1, 0.15) is 16.9 Å². The number of hydrogen-bond acceptors (Lipinski definition) is 4. The highest BCUT2D eigenvalue weighted by Crippen LogP contribution is 2.38. The Balaban J connectivity index is 1.73. The summed E-state index contributed by atoms with van der Waals surface area (Å²) in [5.41, 5.74) is 0.641. The Morgan fingerprint density at radius 2 is 1.58 bits per heavy atom. The molecule has 0 bridgehead atoms. The van der Waals surface area contributed by atoms with Gasteiger partial charge in [0.15, 0.2) is 0 Å². The number of hydrogen-bond donors (Lipinski definition) is 0. The Labute approximate surface area is 175 Å². The van der Waals surface area contributed by atoms with Crippen molar-refractivity contribution in [1.82, 2.24) is 0 Å². The molecule has 4 rings (SSSR count). The highest BCUT2D eigenvalue weighted by Gasteiger charge is 2.40. The van der Waals surface area contributed by atoms with E-state index in [1.165, 1.54) is 30.3 Å². The van der Waals surface area contributed by atoms with Gasteiger partial charge in [-0.15, -0.1) is 0 Å². The van der Waals surface area contributed by atoms with Crippen molar-refractivity contribution in [2.75, 3.05) is 0 Å². The van der Waals surface area contributed by atoms with Gasteiger partial charge in [-0.25, -0.2) is 0 Å². The summed E-state index contributed by atoms with van der Waals surface area (Å²) >= 11 is 0. The Hall–Kier alpha value is -3.74. The molecule has 0 fully saturated rings. The predicted molar refractivity (Wildman–Crippen MR) is 110 cm³/mol. The number of halogens is 3. The second-order valence-electron chi connectivity index (χ2n) is 6.93. The maximum Gasteiger partial charge on any atom is 0.453 e. The summed E-state index contributed by atoms with van der Waals surface area (Å²) in [5, 5.41) is -0.0397. The third-order valence-corrected chi connectivity index (χ3v) is 4.57. The molecule has 1 heterocycles. The van der Waals surface area contributed by atoms with E-state index in [4.69, 9.17) is 13.9 Å². The van der Waals surface area contributed by atoms with Gasteiger partial charge in [-0.05, 0) is 36.8 Å². The summed E-state index contributed by atoms with van der Waals surface area (Å²) in [6.07, 6.45) is -4.92. The average Bonchev–Trinajstić information content (AvgIpc) is 2.75. The molecule has 4 aromatic rings. The van der Waals surface area contributed by atoms with Crippen LogP contribution in [-0.4, -0.2) is 0 Å². The molecule has 158 valence electrons. The lowest BCUT2D eigenvalue weighted by molar-refractivity contribution is -0.154. The molecule has 0 atom stereocenters. The number of ether oxygens (including phenoxy) is 2. The van der Waals surface area contributed by atoms with Crippen molar-refractivity contribution in [3.8, 4) is 17.2 Å². The summed E-state index contributed by atoms with van der Waals surface area (Å²) in [4.78, 5) is 12.8. The number of benzene rings is 3. The molecule has 4 nitrogen and oxygen atoms in total. The van der Waals surface area contributed by atoms with E-state index in [9.17, 15) is 18.0 Å². The van der Waals surface area contributed by atoms with Gasteiger partial charge in [0.05, 0.1) is 5.39 Å². The fraction of sp³-hybridized carbons (Fsp3) is 0.125. The number of rotatable bonds is 5. The van der Waals surface area contributed by atoms with Crippen LogP contribution in [0.15, 0.2) is 82.0 Å². The molecular formula is C24H17F3O4. The smallest absolute Gasteiger partial charge is 0.453 e. The van der Waals surface area contributed by atoms with Crippen LogP contribution in [0.5, 0.6) is 17.2 Å². The van der Waals surface area contributed by atoms with Crippen LogP contribution in [0, 0.1) is 6.92 Å². The van der Waals surface area contributed by atoms with Crippen LogP contribution in [0.4, 0.5) is 13.2 Å². The lowest BCUT2D eigenvalue weighted by Gasteiger charge is -2.14. The second-order valence-corrected chi connectivity index (χ2v) is 6.93. The first-order valence-electron chi connectivity index (χ1n) is 9.40. The fourth-order valence-corrected chi connectivity index (χ4v) is 2.99. The molecule has 0 aliphatic carbocycles. The highest BCUT2D eigenvalue weighted by atomic mass is 19.4. The van der Waals surface area contributed by atoms with E-state index in [1.54, 1.807) is 12.1 Å². The Bertz CT molecular complexity index is 1260. The SMILES string of the molecule is Cc1ccc(Oc2c(C(F)(F)F)oc3cc(OCc4ccccc4)ccc3c2=O)cc1. The van der Waals surface area contributed by atoms with Crippen LogP contribution >= 0.6 is 0 Å². The van der Waals surface area contributed by atoms with Gasteiger partial charge < -0.3 is 13.9 Å². The minimum absolute atomic E-state index is 0.0397. The van der Waals surface area contributed by atoms with Crippen molar-refractivity contribution in [1.29, 1.82) is 0 Å². The first-order chi connectivity index (χ1) is 14.8. The molecule has 0 saturated carbocycles. The first-order valence-corrected chi connectivity index (χ1v) is 9.40. The lowest BCUT2D eigenvalue weighted by atomic mass is 10.2. The van der Waals surface area contributed by atoms with Crippen LogP contribution in [0.25, 0.3) is 11.0 Å². The molecule has 7 heteroatoms. The molecule has 0 saturated heterocycles. The van der Waals surface area contributed by atoms with Crippen LogP contribution in [-0.2, 0) is 12.8 Å². The van der Waals surface area contributed by atoms with Gasteiger partial charge in [0, 0.05) is 6.07 Å². The molecule has 0 radical (unpaired) electrons. The molecule has 0 aliphatic heterocycles. The van der Waals surface area contributed by atoms with Crippen LogP contribution in [0.3, 0.4) is 0 Å². The molecule has 0 unspecified atom stereocenters. The molecule has 31 heavy (non-hydrogen) atoms. The van der Waals surface area contributed by atoms with Gasteiger partial charge in [-0.1, -0.05) is 48.0 Å². The van der Waals surface area contributed by atoms with E-state index in [0.29, 0.717) is 0 Å². The van der Waals surface area contributed by atoms with Crippen LogP contribution in [0.2, 0.25) is 0 Å². The van der Waals surface area contributed by atoms with Crippen molar-refractivity contribution in [2.45, 2.75) is 19.7 Å². The Morgan fingerprint density at radius 1 is 0.903 bits per heavy atom. The van der Waals surface area contributed by atoms with Gasteiger partial charge in [0.25, 0.3) is 5.76 Å². The van der Waals surface area contributed by atoms with E-state index < -0.39 is 23.1 Å². The Kier molecular flexibility index (Phi) is 5.42. The number of alkyl halides is 3. The van der Waals surface area contributed by atoms with Gasteiger partial charge >= 0.3 is 6.18 Å². The maximum absolute atomic E-state index is 13.6. The maximum atomic E-state index is 13.6. The van der Waals surface area contributed by atoms with Crippen molar-refractivity contribution in [2.24, 2.45) is 0 Å². The zero-order valence-electron chi connectivity index (χ0n) is 16.4. The number of aryl methyl sites for hydroxylation is 1. The zero-order chi connectivity index (χ0) is 22.0. The van der Waals surface area contributed by atoms with E-state index in [0.717, 1.165) is 11.1 Å². The zero-order valence-corrected chi connectivity index (χ0v) is 16.4. The minimum atomic E-state index is -4.92. The normalized spacial score (nSPS) is 11.5. The van der Waals surface area contributed by atoms with E-state index >= 15 is 0 Å². The summed E-state index contributed by atoms with van der Waals surface area (Å²) in [5.74, 6) is -2.02. The second kappa shape index (κ2) is 8.18. The first kappa shape index (κ1) is 20.5. The third kappa shape index (κ3) is 4.55. The summed E-state index contributed by atoms with van der Waals surface area (Å²) in [7, 11) is 0. The highest BCUT2D eigenvalue weighted by molar-refractivity contribution is 5.79. The Morgan fingerprint density at radius 3 is 2.26 bits per heavy atom. The lowest BCUT2D eigenvalue weighted by Crippen LogP contribution is -2.15. The molecule has 0 N–H and O–H groups in total. The summed E-state index contributed by atoms with van der Waals surface area (Å²) in [6, 6.07) is 19.7. The molecule has 3 aromatic carbocycles. The monoisotopic (exact) mass is 426 g/mol. The minimum Gasteiger partial charge on any atom is -0.489 e. The average molecular weight is 426 g/mol. The largest absolute Gasteiger partial charge is 0.489 e. The van der Waals surface area contributed by atoms with E-state index in [1.807, 2.05) is 37.3 Å². The molecular weight excluding hydrogens is 409 g/mol. The summed E-state index contributed by atoms with van der Waals surface area (Å²) < 4.78 is 57.0. The molecule has 0 spiro atoms. The topological polar surface area (TPSA) is 48.7 Å². The summed E-state index contributed by atoms with van der Waals surface area (Å²) in [6.45, 7) is 2.05. The van der Waals surface area contributed by atoms with Crippen molar-refractivity contribution < 1.29 is 27.1 Å². The van der Waals surface area contributed by atoms with Crippen molar-refractivity contribution in [3.63, 3.8) is 0 Å². The van der Waals surface area contributed by atoms with Gasteiger partial charge in [-0.3, -0.25) is 4.79 Å². The fourth-order valence-electron chi connectivity index (χ4n) is 2.99. The van der Waals surface area contributed by atoms with Crippen LogP contribution < -0.4 is 14.9 Å². The van der Waals surface area contributed by atoms with E-state index in [2.05, 4.69) is 0 Å². The van der Waals surface area contributed by atoms with Crippen molar-refractivity contribution in [3.05, 3.63) is 99.9 Å². The van der Waals surface area contributed by atoms with Gasteiger partial charge in [0.2, 0.25) is 11.2 Å². The molecule has 0 amide bonds. The number of fused-ring (bicyclic) bond motifs is 1. The standard InChI is InChI=1S/C24H17F3O4/c1-15-7-9-17(10-8-15)30-22-21(28)19-12-11-18(29-14-16-5-3-2-4-6-16)13-20(19)31-23(22)24(25,26)27/h2-13H,14H2,1H3. The van der Waals surface area contributed by atoms with E-state index in [-0.39, 0.29) is 29.1 Å². The molecule has 0 aliphatic rings. The van der Waals surface area contributed by atoms with Gasteiger partial charge in [0.1, 0.15) is 23.7 Å².